The molecule has 0 radical (unpaired) electrons. The molecule has 9 nitrogen and oxygen atoms in total. The monoisotopic (exact) mass is 423 g/mol. The van der Waals surface area contributed by atoms with E-state index in [1.807, 2.05) is 13.8 Å². The van der Waals surface area contributed by atoms with Gasteiger partial charge in [0.15, 0.2) is 11.5 Å². The molecule has 1 N–H and O–H groups in total. The summed E-state index contributed by atoms with van der Waals surface area (Å²) >= 11 is 0. The SMILES string of the molecule is COc1cc(/C=C/C(=O)Nc2ccc([N+](=O)[O-])cc2)ccc1OCc1c(C)noc1C. The van der Waals surface area contributed by atoms with Gasteiger partial charge in [-0.1, -0.05) is 11.2 Å². The number of aryl methyl sites for hydroxylation is 2. The zero-order chi connectivity index (χ0) is 22.4. The van der Waals surface area contributed by atoms with E-state index < -0.39 is 4.92 Å². The number of hydrogen-bond acceptors (Lipinski definition) is 7. The molecule has 0 spiro atoms. The van der Waals surface area contributed by atoms with Crippen molar-refractivity contribution >= 4 is 23.4 Å². The lowest BCUT2D eigenvalue weighted by Crippen LogP contribution is -2.07. The Morgan fingerprint density at radius 1 is 1.19 bits per heavy atom. The Morgan fingerprint density at radius 2 is 1.94 bits per heavy atom. The second-order valence-electron chi connectivity index (χ2n) is 6.63. The molecule has 0 unspecified atom stereocenters. The number of methoxy groups -OCH3 is 1. The van der Waals surface area contributed by atoms with Crippen LogP contribution in [0.2, 0.25) is 0 Å². The summed E-state index contributed by atoms with van der Waals surface area (Å²) in [7, 11) is 1.53. The van der Waals surface area contributed by atoms with E-state index in [1.54, 1.807) is 24.3 Å². The minimum atomic E-state index is -0.499. The Hall–Kier alpha value is -4.14. The number of nitro groups is 1. The Kier molecular flexibility index (Phi) is 6.66. The molecule has 31 heavy (non-hydrogen) atoms. The van der Waals surface area contributed by atoms with E-state index in [-0.39, 0.29) is 11.6 Å². The van der Waals surface area contributed by atoms with Crippen LogP contribution in [0.4, 0.5) is 11.4 Å². The standard InChI is InChI=1S/C22H21N3O6/c1-14-19(15(2)31-24-14)13-30-20-10-4-16(12-21(20)29-3)5-11-22(26)23-17-6-8-18(9-7-17)25(27)28/h4-12H,13H2,1-3H3,(H,23,26)/b11-5+. The summed E-state index contributed by atoms with van der Waals surface area (Å²) in [4.78, 5) is 22.3. The highest BCUT2D eigenvalue weighted by Crippen LogP contribution is 2.30. The fourth-order valence-corrected chi connectivity index (χ4v) is 2.79. The zero-order valence-corrected chi connectivity index (χ0v) is 17.2. The normalized spacial score (nSPS) is 10.8. The van der Waals surface area contributed by atoms with Gasteiger partial charge >= 0.3 is 0 Å². The molecule has 0 saturated carbocycles. The first-order valence-electron chi connectivity index (χ1n) is 9.33. The molecule has 0 aliphatic carbocycles. The van der Waals surface area contributed by atoms with Crippen LogP contribution >= 0.6 is 0 Å². The maximum Gasteiger partial charge on any atom is 0.269 e. The van der Waals surface area contributed by atoms with Gasteiger partial charge < -0.3 is 19.3 Å². The maximum absolute atomic E-state index is 12.1. The zero-order valence-electron chi connectivity index (χ0n) is 17.2. The van der Waals surface area contributed by atoms with E-state index in [2.05, 4.69) is 10.5 Å². The quantitative estimate of drug-likeness (QED) is 0.323. The molecule has 0 atom stereocenters. The average Bonchev–Trinajstić information content (AvgIpc) is 3.08. The largest absolute Gasteiger partial charge is 0.493 e. The van der Waals surface area contributed by atoms with Gasteiger partial charge in [-0.25, -0.2) is 0 Å². The first kappa shape index (κ1) is 21.6. The highest BCUT2D eigenvalue weighted by atomic mass is 16.6. The minimum Gasteiger partial charge on any atom is -0.493 e. The van der Waals surface area contributed by atoms with Crippen LogP contribution in [0.1, 0.15) is 22.6 Å². The number of nitrogens with zero attached hydrogens (tertiary/aromatic N) is 2. The van der Waals surface area contributed by atoms with Gasteiger partial charge in [-0.3, -0.25) is 14.9 Å². The van der Waals surface area contributed by atoms with Crippen LogP contribution in [0.5, 0.6) is 11.5 Å². The van der Waals surface area contributed by atoms with Crippen molar-refractivity contribution in [3.8, 4) is 11.5 Å². The second kappa shape index (κ2) is 9.57. The van der Waals surface area contributed by atoms with Gasteiger partial charge in [-0.05, 0) is 49.8 Å². The molecule has 2 aromatic carbocycles. The van der Waals surface area contributed by atoms with Crippen LogP contribution in [0.3, 0.4) is 0 Å². The van der Waals surface area contributed by atoms with Gasteiger partial charge in [-0.15, -0.1) is 0 Å². The summed E-state index contributed by atoms with van der Waals surface area (Å²) in [6.07, 6.45) is 2.99. The van der Waals surface area contributed by atoms with Gasteiger partial charge in [0.05, 0.1) is 23.3 Å². The molecule has 0 bridgehead atoms. The third kappa shape index (κ3) is 5.47. The van der Waals surface area contributed by atoms with Crippen molar-refractivity contribution in [2.45, 2.75) is 20.5 Å². The number of rotatable bonds is 8. The first-order chi connectivity index (χ1) is 14.9. The number of carbonyl (C=O) groups excluding carboxylic acids is 1. The van der Waals surface area contributed by atoms with Gasteiger partial charge in [0, 0.05) is 23.9 Å². The van der Waals surface area contributed by atoms with Crippen LogP contribution in [-0.4, -0.2) is 23.1 Å². The summed E-state index contributed by atoms with van der Waals surface area (Å²) in [6.45, 7) is 3.97. The lowest BCUT2D eigenvalue weighted by Gasteiger charge is -2.11. The molecule has 0 fully saturated rings. The number of benzene rings is 2. The third-order valence-electron chi connectivity index (χ3n) is 4.51. The Morgan fingerprint density at radius 3 is 2.55 bits per heavy atom. The summed E-state index contributed by atoms with van der Waals surface area (Å²) < 4.78 is 16.4. The molecule has 160 valence electrons. The number of nitro benzene ring substituents is 1. The summed E-state index contributed by atoms with van der Waals surface area (Å²) in [5.74, 6) is 1.40. The van der Waals surface area contributed by atoms with E-state index >= 15 is 0 Å². The minimum absolute atomic E-state index is 0.0442. The fraction of sp³-hybridized carbons (Fsp3) is 0.182. The molecular weight excluding hydrogens is 402 g/mol. The van der Waals surface area contributed by atoms with Crippen molar-refractivity contribution in [1.82, 2.24) is 5.16 Å². The summed E-state index contributed by atoms with van der Waals surface area (Å²) in [5.41, 5.74) is 2.81. The van der Waals surface area contributed by atoms with Crippen molar-refractivity contribution in [1.29, 1.82) is 0 Å². The Balaban J connectivity index is 1.63. The summed E-state index contributed by atoms with van der Waals surface area (Å²) in [5, 5.41) is 17.2. The van der Waals surface area contributed by atoms with Gasteiger partial charge in [-0.2, -0.15) is 0 Å². The number of carbonyl (C=O) groups is 1. The molecule has 1 heterocycles. The predicted octanol–water partition coefficient (Wildman–Crippen LogP) is 4.44. The van der Waals surface area contributed by atoms with E-state index in [4.69, 9.17) is 14.0 Å². The highest BCUT2D eigenvalue weighted by Gasteiger charge is 2.12. The highest BCUT2D eigenvalue weighted by molar-refractivity contribution is 6.02. The van der Waals surface area contributed by atoms with E-state index in [1.165, 1.54) is 37.5 Å². The number of ether oxygens (including phenoxy) is 2. The van der Waals surface area contributed by atoms with Crippen molar-refractivity contribution in [2.24, 2.45) is 0 Å². The number of anilines is 1. The molecule has 1 aromatic heterocycles. The lowest BCUT2D eigenvalue weighted by atomic mass is 10.1. The number of nitrogens with one attached hydrogen (secondary N) is 1. The predicted molar refractivity (Wildman–Crippen MR) is 114 cm³/mol. The number of amides is 1. The van der Waals surface area contributed by atoms with Crippen LogP contribution in [0.15, 0.2) is 53.1 Å². The molecule has 3 aromatic rings. The van der Waals surface area contributed by atoms with E-state index in [0.717, 1.165) is 16.8 Å². The van der Waals surface area contributed by atoms with Crippen molar-refractivity contribution in [2.75, 3.05) is 12.4 Å². The van der Waals surface area contributed by atoms with Crippen molar-refractivity contribution in [3.05, 3.63) is 81.2 Å². The summed E-state index contributed by atoms with van der Waals surface area (Å²) in [6, 6.07) is 10.9. The topological polar surface area (TPSA) is 117 Å². The number of hydrogen-bond donors (Lipinski definition) is 1. The van der Waals surface area contributed by atoms with Gasteiger partial charge in [0.1, 0.15) is 12.4 Å². The van der Waals surface area contributed by atoms with Crippen molar-refractivity contribution in [3.63, 3.8) is 0 Å². The van der Waals surface area contributed by atoms with Crippen LogP contribution in [0.25, 0.3) is 6.08 Å². The van der Waals surface area contributed by atoms with Gasteiger partial charge in [0.2, 0.25) is 5.91 Å². The molecule has 3 rings (SSSR count). The molecule has 0 saturated heterocycles. The van der Waals surface area contributed by atoms with E-state index in [9.17, 15) is 14.9 Å². The molecule has 1 amide bonds. The van der Waals surface area contributed by atoms with Crippen LogP contribution in [-0.2, 0) is 11.4 Å². The number of aromatic nitrogens is 1. The molecule has 9 heteroatoms. The van der Waals surface area contributed by atoms with Crippen LogP contribution < -0.4 is 14.8 Å². The Bertz CT molecular complexity index is 1100. The lowest BCUT2D eigenvalue weighted by molar-refractivity contribution is -0.384. The van der Waals surface area contributed by atoms with Crippen molar-refractivity contribution < 1.29 is 23.7 Å². The first-order valence-corrected chi connectivity index (χ1v) is 9.33. The maximum atomic E-state index is 12.1. The molecule has 0 aliphatic heterocycles. The van der Waals surface area contributed by atoms with Crippen LogP contribution in [0, 0.1) is 24.0 Å². The smallest absolute Gasteiger partial charge is 0.269 e. The molecule has 0 aliphatic rings. The second-order valence-corrected chi connectivity index (χ2v) is 6.63. The number of non-ortho nitro benzene ring substituents is 1. The average molecular weight is 423 g/mol. The fourth-order valence-electron chi connectivity index (χ4n) is 2.79. The van der Waals surface area contributed by atoms with Gasteiger partial charge in [0.25, 0.3) is 5.69 Å². The molecular formula is C22H21N3O6. The Labute approximate surface area is 178 Å². The van der Waals surface area contributed by atoms with E-state index in [0.29, 0.717) is 29.6 Å². The third-order valence-corrected chi connectivity index (χ3v) is 4.51.